The summed E-state index contributed by atoms with van der Waals surface area (Å²) in [6.45, 7) is 1.48. The minimum atomic E-state index is -3.78. The minimum Gasteiger partial charge on any atom is -0.348 e. The molecule has 0 radical (unpaired) electrons. The fourth-order valence-corrected chi connectivity index (χ4v) is 3.31. The van der Waals surface area contributed by atoms with Gasteiger partial charge >= 0.3 is 0 Å². The van der Waals surface area contributed by atoms with Crippen molar-refractivity contribution in [3.05, 3.63) is 23.8 Å². The van der Waals surface area contributed by atoms with Crippen LogP contribution in [-0.2, 0) is 19.6 Å². The maximum atomic E-state index is 12.5. The van der Waals surface area contributed by atoms with E-state index < -0.39 is 10.0 Å². The van der Waals surface area contributed by atoms with E-state index in [9.17, 15) is 18.0 Å². The predicted molar refractivity (Wildman–Crippen MR) is 82.0 cm³/mol. The summed E-state index contributed by atoms with van der Waals surface area (Å²) < 4.78 is 26.1. The number of sulfonamides is 1. The number of carbonyl (C=O) groups excluding carboxylic acids is 2. The quantitative estimate of drug-likeness (QED) is 0.871. The fourth-order valence-electron chi connectivity index (χ4n) is 2.15. The lowest BCUT2D eigenvalue weighted by molar-refractivity contribution is -0.128. The lowest BCUT2D eigenvalue weighted by Crippen LogP contribution is -2.37. The SMILES string of the molecule is C[C@H]1C(=O)Nc2ccc(S(=O)(=O)N(C)CC(=O)N(C)C)cc21. The molecule has 2 amide bonds. The van der Waals surface area contributed by atoms with Gasteiger partial charge in [0, 0.05) is 26.8 Å². The smallest absolute Gasteiger partial charge is 0.243 e. The Morgan fingerprint density at radius 3 is 2.50 bits per heavy atom. The fraction of sp³-hybridized carbons (Fsp3) is 0.429. The van der Waals surface area contributed by atoms with Gasteiger partial charge in [0.1, 0.15) is 0 Å². The first-order valence-corrected chi connectivity index (χ1v) is 8.20. The van der Waals surface area contributed by atoms with Gasteiger partial charge in [-0.3, -0.25) is 9.59 Å². The third kappa shape index (κ3) is 2.84. The van der Waals surface area contributed by atoms with Crippen molar-refractivity contribution in [1.82, 2.24) is 9.21 Å². The molecule has 1 aliphatic heterocycles. The van der Waals surface area contributed by atoms with Crippen molar-refractivity contribution >= 4 is 27.5 Å². The second-order valence-electron chi connectivity index (χ2n) is 5.51. The van der Waals surface area contributed by atoms with Crippen LogP contribution in [0.15, 0.2) is 23.1 Å². The van der Waals surface area contributed by atoms with E-state index in [1.165, 1.54) is 24.1 Å². The highest BCUT2D eigenvalue weighted by molar-refractivity contribution is 7.89. The van der Waals surface area contributed by atoms with Gasteiger partial charge in [0.2, 0.25) is 21.8 Å². The number of nitrogens with zero attached hydrogens (tertiary/aromatic N) is 2. The van der Waals surface area contributed by atoms with Crippen molar-refractivity contribution in [3.8, 4) is 0 Å². The van der Waals surface area contributed by atoms with Crippen molar-refractivity contribution in [3.63, 3.8) is 0 Å². The summed E-state index contributed by atoms with van der Waals surface area (Å²) in [7, 11) is 0.708. The molecular weight excluding hydrogens is 306 g/mol. The standard InChI is InChI=1S/C14H19N3O4S/c1-9-11-7-10(5-6-12(11)15-14(9)19)22(20,21)17(4)8-13(18)16(2)3/h5-7,9H,8H2,1-4H3,(H,15,19)/t9-/m1/s1. The van der Waals surface area contributed by atoms with Crippen LogP contribution in [0.25, 0.3) is 0 Å². The molecule has 0 saturated heterocycles. The number of anilines is 1. The molecule has 0 bridgehead atoms. The van der Waals surface area contributed by atoms with E-state index in [0.717, 1.165) is 4.31 Å². The van der Waals surface area contributed by atoms with Crippen molar-refractivity contribution in [2.75, 3.05) is 33.0 Å². The molecule has 22 heavy (non-hydrogen) atoms. The highest BCUT2D eigenvalue weighted by atomic mass is 32.2. The molecule has 0 unspecified atom stereocenters. The van der Waals surface area contributed by atoms with Gasteiger partial charge in [-0.2, -0.15) is 4.31 Å². The molecule has 1 N–H and O–H groups in total. The van der Waals surface area contributed by atoms with Crippen molar-refractivity contribution in [2.24, 2.45) is 0 Å². The lowest BCUT2D eigenvalue weighted by atomic mass is 10.0. The van der Waals surface area contributed by atoms with Crippen LogP contribution >= 0.6 is 0 Å². The zero-order valence-corrected chi connectivity index (χ0v) is 13.8. The number of rotatable bonds is 4. The monoisotopic (exact) mass is 325 g/mol. The van der Waals surface area contributed by atoms with E-state index in [1.54, 1.807) is 27.1 Å². The van der Waals surface area contributed by atoms with Crippen LogP contribution in [-0.4, -0.2) is 57.1 Å². The molecule has 1 aromatic carbocycles. The lowest BCUT2D eigenvalue weighted by Gasteiger charge is -2.19. The number of likely N-dealkylation sites (N-methyl/N-ethyl adjacent to an activating group) is 2. The van der Waals surface area contributed by atoms with Crippen molar-refractivity contribution in [1.29, 1.82) is 0 Å². The van der Waals surface area contributed by atoms with Gasteiger partial charge in [0.25, 0.3) is 0 Å². The number of benzene rings is 1. The van der Waals surface area contributed by atoms with Gasteiger partial charge in [-0.1, -0.05) is 0 Å². The molecule has 8 heteroatoms. The molecule has 0 spiro atoms. The van der Waals surface area contributed by atoms with Crippen LogP contribution in [0.5, 0.6) is 0 Å². The largest absolute Gasteiger partial charge is 0.348 e. The van der Waals surface area contributed by atoms with Crippen LogP contribution in [0.2, 0.25) is 0 Å². The maximum absolute atomic E-state index is 12.5. The average Bonchev–Trinajstić information content (AvgIpc) is 2.73. The molecule has 120 valence electrons. The second-order valence-corrected chi connectivity index (χ2v) is 7.55. The Bertz CT molecular complexity index is 728. The zero-order chi connectivity index (χ0) is 16.7. The molecule has 1 heterocycles. The van der Waals surface area contributed by atoms with Gasteiger partial charge in [-0.15, -0.1) is 0 Å². The predicted octanol–water partition coefficient (Wildman–Crippen LogP) is 0.451. The second kappa shape index (κ2) is 5.69. The van der Waals surface area contributed by atoms with Crippen LogP contribution in [0.1, 0.15) is 18.4 Å². The highest BCUT2D eigenvalue weighted by Crippen LogP contribution is 2.34. The number of amides is 2. The van der Waals surface area contributed by atoms with Crippen LogP contribution < -0.4 is 5.32 Å². The first-order chi connectivity index (χ1) is 10.1. The van der Waals surface area contributed by atoms with E-state index in [4.69, 9.17) is 0 Å². The average molecular weight is 325 g/mol. The zero-order valence-electron chi connectivity index (χ0n) is 13.0. The molecule has 0 fully saturated rings. The summed E-state index contributed by atoms with van der Waals surface area (Å²) >= 11 is 0. The third-order valence-electron chi connectivity index (χ3n) is 3.71. The summed E-state index contributed by atoms with van der Waals surface area (Å²) in [5, 5.41) is 2.69. The first kappa shape index (κ1) is 16.4. The van der Waals surface area contributed by atoms with E-state index in [1.807, 2.05) is 0 Å². The van der Waals surface area contributed by atoms with Crippen LogP contribution in [0.4, 0.5) is 5.69 Å². The van der Waals surface area contributed by atoms with E-state index in [2.05, 4.69) is 5.32 Å². The molecule has 0 aromatic heterocycles. The normalized spacial score (nSPS) is 17.3. The summed E-state index contributed by atoms with van der Waals surface area (Å²) in [4.78, 5) is 24.7. The molecule has 1 aliphatic rings. The number of fused-ring (bicyclic) bond motifs is 1. The molecule has 0 saturated carbocycles. The number of nitrogens with one attached hydrogen (secondary N) is 1. The van der Waals surface area contributed by atoms with Gasteiger partial charge in [0.15, 0.2) is 0 Å². The maximum Gasteiger partial charge on any atom is 0.243 e. The van der Waals surface area contributed by atoms with Crippen LogP contribution in [0.3, 0.4) is 0 Å². The molecule has 0 aliphatic carbocycles. The highest BCUT2D eigenvalue weighted by Gasteiger charge is 2.30. The van der Waals surface area contributed by atoms with Crippen LogP contribution in [0, 0.1) is 0 Å². The molecule has 1 aromatic rings. The van der Waals surface area contributed by atoms with Gasteiger partial charge in [-0.25, -0.2) is 8.42 Å². The van der Waals surface area contributed by atoms with E-state index in [0.29, 0.717) is 11.3 Å². The third-order valence-corrected chi connectivity index (χ3v) is 5.50. The Balaban J connectivity index is 2.31. The Labute approximate surface area is 129 Å². The molecule has 7 nitrogen and oxygen atoms in total. The molecule has 1 atom stereocenters. The summed E-state index contributed by atoms with van der Waals surface area (Å²) in [6, 6.07) is 4.50. The topological polar surface area (TPSA) is 86.8 Å². The van der Waals surface area contributed by atoms with Gasteiger partial charge in [-0.05, 0) is 30.7 Å². The Morgan fingerprint density at radius 1 is 1.27 bits per heavy atom. The van der Waals surface area contributed by atoms with Gasteiger partial charge < -0.3 is 10.2 Å². The Kier molecular flexibility index (Phi) is 4.25. The van der Waals surface area contributed by atoms with Crippen molar-refractivity contribution in [2.45, 2.75) is 17.7 Å². The van der Waals surface area contributed by atoms with Gasteiger partial charge in [0.05, 0.1) is 17.4 Å². The van der Waals surface area contributed by atoms with E-state index >= 15 is 0 Å². The Hall–Kier alpha value is -1.93. The Morgan fingerprint density at radius 2 is 1.91 bits per heavy atom. The summed E-state index contributed by atoms with van der Waals surface area (Å²) in [5.74, 6) is -0.850. The summed E-state index contributed by atoms with van der Waals surface area (Å²) in [6.07, 6.45) is 0. The summed E-state index contributed by atoms with van der Waals surface area (Å²) in [5.41, 5.74) is 1.28. The molecule has 2 rings (SSSR count). The number of hydrogen-bond acceptors (Lipinski definition) is 4. The molecular formula is C14H19N3O4S. The number of carbonyl (C=O) groups is 2. The van der Waals surface area contributed by atoms with E-state index in [-0.39, 0.29) is 29.2 Å². The minimum absolute atomic E-state index is 0.0728. The first-order valence-electron chi connectivity index (χ1n) is 6.76. The van der Waals surface area contributed by atoms with Crippen molar-refractivity contribution < 1.29 is 18.0 Å². The number of hydrogen-bond donors (Lipinski definition) is 1.